The molecular formula is C12H21N5. The van der Waals surface area contributed by atoms with Crippen molar-refractivity contribution in [3.63, 3.8) is 0 Å². The number of hydrazine groups is 1. The summed E-state index contributed by atoms with van der Waals surface area (Å²) < 4.78 is 0. The Morgan fingerprint density at radius 1 is 1.35 bits per heavy atom. The number of nitrogens with zero attached hydrogens (tertiary/aromatic N) is 3. The molecule has 3 unspecified atom stereocenters. The lowest BCUT2D eigenvalue weighted by atomic mass is 9.86. The first-order chi connectivity index (χ1) is 8.11. The molecule has 2 heterocycles. The van der Waals surface area contributed by atoms with Crippen LogP contribution in [0.2, 0.25) is 0 Å². The van der Waals surface area contributed by atoms with Crippen molar-refractivity contribution in [1.29, 1.82) is 0 Å². The number of nitrogens with one attached hydrogen (secondary N) is 1. The van der Waals surface area contributed by atoms with Crippen LogP contribution in [0.25, 0.3) is 0 Å². The Kier molecular flexibility index (Phi) is 3.47. The van der Waals surface area contributed by atoms with Gasteiger partial charge in [0.05, 0.1) is 0 Å². The summed E-state index contributed by atoms with van der Waals surface area (Å²) >= 11 is 0. The second-order valence-corrected chi connectivity index (χ2v) is 5.12. The zero-order valence-corrected chi connectivity index (χ0v) is 10.7. The van der Waals surface area contributed by atoms with Gasteiger partial charge in [-0.2, -0.15) is 0 Å². The Bertz CT molecular complexity index is 381. The van der Waals surface area contributed by atoms with Crippen LogP contribution >= 0.6 is 0 Å². The molecule has 1 aromatic heterocycles. The minimum atomic E-state index is 0.506. The molecule has 0 aliphatic carbocycles. The second-order valence-electron chi connectivity index (χ2n) is 5.12. The van der Waals surface area contributed by atoms with Crippen molar-refractivity contribution in [3.8, 4) is 0 Å². The van der Waals surface area contributed by atoms with Crippen LogP contribution in [0.5, 0.6) is 0 Å². The van der Waals surface area contributed by atoms with Crippen LogP contribution in [0.4, 0.5) is 11.6 Å². The Hall–Kier alpha value is -1.36. The molecule has 0 aromatic carbocycles. The van der Waals surface area contributed by atoms with Crippen LogP contribution < -0.4 is 16.2 Å². The summed E-state index contributed by atoms with van der Waals surface area (Å²) in [6.07, 6.45) is 2.84. The highest BCUT2D eigenvalue weighted by Gasteiger charge is 2.29. The van der Waals surface area contributed by atoms with Crippen molar-refractivity contribution in [2.75, 3.05) is 16.9 Å². The van der Waals surface area contributed by atoms with Gasteiger partial charge in [-0.1, -0.05) is 13.8 Å². The molecule has 1 aliphatic heterocycles. The minimum absolute atomic E-state index is 0.506. The lowest BCUT2D eigenvalue weighted by Gasteiger charge is -2.41. The van der Waals surface area contributed by atoms with Crippen LogP contribution in [-0.4, -0.2) is 22.6 Å². The van der Waals surface area contributed by atoms with Crippen LogP contribution in [0, 0.1) is 11.8 Å². The number of hydrogen-bond acceptors (Lipinski definition) is 5. The average Bonchev–Trinajstić information content (AvgIpc) is 2.34. The van der Waals surface area contributed by atoms with E-state index in [4.69, 9.17) is 5.84 Å². The standard InChI is InChI=1S/C12H21N5/c1-8-4-9(2)10(3)17(6-8)12-5-11(16-13)14-7-15-12/h5,7-10H,4,6,13H2,1-3H3,(H,14,15,16). The molecule has 1 fully saturated rings. The molecule has 1 aromatic rings. The van der Waals surface area contributed by atoms with Crippen molar-refractivity contribution < 1.29 is 0 Å². The summed E-state index contributed by atoms with van der Waals surface area (Å²) in [5.41, 5.74) is 2.57. The normalized spacial score (nSPS) is 29.2. The van der Waals surface area contributed by atoms with Crippen LogP contribution in [0.3, 0.4) is 0 Å². The Morgan fingerprint density at radius 2 is 2.12 bits per heavy atom. The topological polar surface area (TPSA) is 67.1 Å². The Labute approximate surface area is 102 Å². The first-order valence-electron chi connectivity index (χ1n) is 6.17. The third-order valence-corrected chi connectivity index (χ3v) is 3.69. The van der Waals surface area contributed by atoms with Crippen molar-refractivity contribution in [3.05, 3.63) is 12.4 Å². The lowest BCUT2D eigenvalue weighted by Crippen LogP contribution is -2.46. The largest absolute Gasteiger partial charge is 0.353 e. The lowest BCUT2D eigenvalue weighted by molar-refractivity contribution is 0.295. The van der Waals surface area contributed by atoms with Crippen LogP contribution in [0.1, 0.15) is 27.2 Å². The zero-order valence-electron chi connectivity index (χ0n) is 10.7. The summed E-state index contributed by atoms with van der Waals surface area (Å²) in [7, 11) is 0. The van der Waals surface area contributed by atoms with Crippen molar-refractivity contribution in [2.45, 2.75) is 33.2 Å². The van der Waals surface area contributed by atoms with E-state index in [1.807, 2.05) is 6.07 Å². The van der Waals surface area contributed by atoms with Gasteiger partial charge in [0, 0.05) is 18.7 Å². The first-order valence-corrected chi connectivity index (χ1v) is 6.17. The zero-order chi connectivity index (χ0) is 12.4. The summed E-state index contributed by atoms with van der Waals surface area (Å²) in [6, 6.07) is 2.41. The number of piperidine rings is 1. The molecule has 0 bridgehead atoms. The highest BCUT2D eigenvalue weighted by atomic mass is 15.3. The van der Waals surface area contributed by atoms with Gasteiger partial charge in [-0.05, 0) is 25.2 Å². The second kappa shape index (κ2) is 4.87. The number of nitrogen functional groups attached to an aromatic ring is 1. The number of nitrogens with two attached hydrogens (primary N) is 1. The van der Waals surface area contributed by atoms with E-state index < -0.39 is 0 Å². The van der Waals surface area contributed by atoms with Gasteiger partial charge < -0.3 is 10.3 Å². The third kappa shape index (κ3) is 2.49. The fourth-order valence-corrected chi connectivity index (χ4v) is 2.60. The van der Waals surface area contributed by atoms with E-state index in [-0.39, 0.29) is 0 Å². The SMILES string of the molecule is CC1CC(C)C(C)N(c2cc(NN)ncn2)C1. The van der Waals surface area contributed by atoms with E-state index in [1.165, 1.54) is 6.42 Å². The molecule has 94 valence electrons. The van der Waals surface area contributed by atoms with Gasteiger partial charge in [0.15, 0.2) is 0 Å². The highest BCUT2D eigenvalue weighted by Crippen LogP contribution is 2.30. The maximum atomic E-state index is 5.38. The van der Waals surface area contributed by atoms with Crippen molar-refractivity contribution >= 4 is 11.6 Å². The van der Waals surface area contributed by atoms with Gasteiger partial charge in [-0.15, -0.1) is 0 Å². The molecule has 0 amide bonds. The predicted molar refractivity (Wildman–Crippen MR) is 69.6 cm³/mol. The number of anilines is 2. The summed E-state index contributed by atoms with van der Waals surface area (Å²) in [6.45, 7) is 7.90. The van der Waals surface area contributed by atoms with Crippen LogP contribution in [-0.2, 0) is 0 Å². The number of aromatic nitrogens is 2. The van der Waals surface area contributed by atoms with Gasteiger partial charge in [0.25, 0.3) is 0 Å². The van der Waals surface area contributed by atoms with Crippen molar-refractivity contribution in [1.82, 2.24) is 9.97 Å². The minimum Gasteiger partial charge on any atom is -0.353 e. The van der Waals surface area contributed by atoms with E-state index in [2.05, 4.69) is 41.1 Å². The molecule has 0 spiro atoms. The van der Waals surface area contributed by atoms with E-state index in [0.717, 1.165) is 12.4 Å². The molecule has 1 saturated heterocycles. The summed E-state index contributed by atoms with van der Waals surface area (Å²) in [5.74, 6) is 8.38. The van der Waals surface area contributed by atoms with Gasteiger partial charge in [0.1, 0.15) is 18.0 Å². The quantitative estimate of drug-likeness (QED) is 0.602. The monoisotopic (exact) mass is 235 g/mol. The van der Waals surface area contributed by atoms with Crippen molar-refractivity contribution in [2.24, 2.45) is 17.7 Å². The molecule has 5 nitrogen and oxygen atoms in total. The molecule has 0 radical (unpaired) electrons. The van der Waals surface area contributed by atoms with Gasteiger partial charge >= 0.3 is 0 Å². The van der Waals surface area contributed by atoms with E-state index >= 15 is 0 Å². The molecule has 2 rings (SSSR count). The molecule has 3 N–H and O–H groups in total. The number of hydrogen-bond donors (Lipinski definition) is 2. The fourth-order valence-electron chi connectivity index (χ4n) is 2.60. The molecule has 1 aliphatic rings. The molecule has 3 atom stereocenters. The van der Waals surface area contributed by atoms with Gasteiger partial charge in [0.2, 0.25) is 0 Å². The average molecular weight is 235 g/mol. The predicted octanol–water partition coefficient (Wildman–Crippen LogP) is 1.63. The third-order valence-electron chi connectivity index (χ3n) is 3.69. The van der Waals surface area contributed by atoms with E-state index in [9.17, 15) is 0 Å². The number of rotatable bonds is 2. The van der Waals surface area contributed by atoms with Gasteiger partial charge in [-0.25, -0.2) is 15.8 Å². The van der Waals surface area contributed by atoms with Crippen LogP contribution in [0.15, 0.2) is 12.4 Å². The Morgan fingerprint density at radius 3 is 2.82 bits per heavy atom. The summed E-state index contributed by atoms with van der Waals surface area (Å²) in [5, 5.41) is 0. The Balaban J connectivity index is 2.24. The molecule has 5 heteroatoms. The smallest absolute Gasteiger partial charge is 0.145 e. The van der Waals surface area contributed by atoms with E-state index in [1.54, 1.807) is 6.33 Å². The highest BCUT2D eigenvalue weighted by molar-refractivity contribution is 5.48. The first kappa shape index (κ1) is 12.1. The van der Waals surface area contributed by atoms with E-state index in [0.29, 0.717) is 23.7 Å². The fraction of sp³-hybridized carbons (Fsp3) is 0.667. The maximum Gasteiger partial charge on any atom is 0.145 e. The van der Waals surface area contributed by atoms with Gasteiger partial charge in [-0.3, -0.25) is 0 Å². The summed E-state index contributed by atoms with van der Waals surface area (Å²) in [4.78, 5) is 10.7. The maximum absolute atomic E-state index is 5.38. The molecule has 0 saturated carbocycles. The molecular weight excluding hydrogens is 214 g/mol. The molecule has 17 heavy (non-hydrogen) atoms.